The van der Waals surface area contributed by atoms with E-state index in [1.807, 2.05) is 0 Å². The molecular weight excluding hydrogens is 236 g/mol. The van der Waals surface area contributed by atoms with Crippen molar-refractivity contribution in [3.8, 4) is 0 Å². The second-order valence-electron chi connectivity index (χ2n) is 4.00. The summed E-state index contributed by atoms with van der Waals surface area (Å²) in [6, 6.07) is 5.13. The van der Waals surface area contributed by atoms with Crippen LogP contribution in [-0.2, 0) is 16.1 Å². The van der Waals surface area contributed by atoms with Crippen molar-refractivity contribution in [2.75, 3.05) is 0 Å². The van der Waals surface area contributed by atoms with E-state index in [4.69, 9.17) is 4.42 Å². The minimum Gasteiger partial charge on any atom is -0.408 e. The minimum absolute atomic E-state index is 0.124. The first-order valence-electron chi connectivity index (χ1n) is 5.42. The molecule has 0 bridgehead atoms. The number of Topliss-reactive ketones (excluding diaryl/α,β-unsaturated/α-hetero) is 1. The third kappa shape index (κ3) is 2.85. The first kappa shape index (κ1) is 12.1. The summed E-state index contributed by atoms with van der Waals surface area (Å²) < 4.78 is 4.90. The van der Waals surface area contributed by atoms with Crippen molar-refractivity contribution in [2.45, 2.75) is 19.9 Å². The molecule has 0 aliphatic heterocycles. The lowest BCUT2D eigenvalue weighted by atomic mass is 10.2. The minimum atomic E-state index is -0.511. The molecule has 1 aromatic carbocycles. The molecule has 0 aliphatic rings. The van der Waals surface area contributed by atoms with Gasteiger partial charge in [-0.05, 0) is 24.6 Å². The molecule has 1 aromatic heterocycles. The number of amides is 1. The quantitative estimate of drug-likeness (QED) is 0.779. The van der Waals surface area contributed by atoms with Gasteiger partial charge in [-0.2, -0.15) is 0 Å². The highest BCUT2D eigenvalue weighted by atomic mass is 16.4. The van der Waals surface area contributed by atoms with E-state index in [1.165, 1.54) is 6.92 Å². The summed E-state index contributed by atoms with van der Waals surface area (Å²) >= 11 is 0. The van der Waals surface area contributed by atoms with Gasteiger partial charge >= 0.3 is 5.76 Å². The molecule has 2 N–H and O–H groups in total. The highest BCUT2D eigenvalue weighted by molar-refractivity contribution is 5.96. The molecule has 0 saturated carbocycles. The van der Waals surface area contributed by atoms with Crippen LogP contribution in [-0.4, -0.2) is 16.7 Å². The van der Waals surface area contributed by atoms with E-state index in [-0.39, 0.29) is 24.7 Å². The van der Waals surface area contributed by atoms with Crippen LogP contribution in [0.3, 0.4) is 0 Å². The molecule has 6 heteroatoms. The van der Waals surface area contributed by atoms with E-state index >= 15 is 0 Å². The van der Waals surface area contributed by atoms with Gasteiger partial charge < -0.3 is 9.73 Å². The van der Waals surface area contributed by atoms with Crippen LogP contribution >= 0.6 is 0 Å². The third-order valence-corrected chi connectivity index (χ3v) is 2.38. The van der Waals surface area contributed by atoms with E-state index in [9.17, 15) is 14.4 Å². The second-order valence-corrected chi connectivity index (χ2v) is 4.00. The molecule has 94 valence electrons. The summed E-state index contributed by atoms with van der Waals surface area (Å²) in [6.07, 6.45) is -0.124. The van der Waals surface area contributed by atoms with E-state index in [0.717, 1.165) is 5.56 Å². The molecule has 2 aromatic rings. The van der Waals surface area contributed by atoms with Gasteiger partial charge in [-0.1, -0.05) is 6.07 Å². The lowest BCUT2D eigenvalue weighted by Crippen LogP contribution is -2.24. The van der Waals surface area contributed by atoms with Crippen molar-refractivity contribution in [3.05, 3.63) is 34.3 Å². The first-order chi connectivity index (χ1) is 8.54. The van der Waals surface area contributed by atoms with Crippen LogP contribution in [0.15, 0.2) is 27.4 Å². The van der Waals surface area contributed by atoms with Gasteiger partial charge in [-0.15, -0.1) is 0 Å². The van der Waals surface area contributed by atoms with Gasteiger partial charge in [0.15, 0.2) is 5.58 Å². The third-order valence-electron chi connectivity index (χ3n) is 2.38. The van der Waals surface area contributed by atoms with Crippen LogP contribution in [0.25, 0.3) is 11.1 Å². The number of fused-ring (bicyclic) bond motifs is 1. The van der Waals surface area contributed by atoms with Gasteiger partial charge in [-0.25, -0.2) is 4.79 Å². The molecule has 0 unspecified atom stereocenters. The largest absolute Gasteiger partial charge is 0.417 e. The summed E-state index contributed by atoms with van der Waals surface area (Å²) in [5.74, 6) is -1.01. The summed E-state index contributed by atoms with van der Waals surface area (Å²) in [5, 5.41) is 2.61. The van der Waals surface area contributed by atoms with Gasteiger partial charge in [-0.3, -0.25) is 14.6 Å². The molecular formula is C12H12N2O4. The zero-order valence-corrected chi connectivity index (χ0v) is 9.78. The molecule has 2 rings (SSSR count). The number of nitrogens with one attached hydrogen (secondary N) is 2. The summed E-state index contributed by atoms with van der Waals surface area (Å²) in [7, 11) is 0. The maximum atomic E-state index is 11.3. The molecule has 6 nitrogen and oxygen atoms in total. The van der Waals surface area contributed by atoms with Gasteiger partial charge in [0.1, 0.15) is 5.78 Å². The average Bonchev–Trinajstić information content (AvgIpc) is 2.64. The van der Waals surface area contributed by atoms with Crippen molar-refractivity contribution >= 4 is 22.8 Å². The zero-order valence-electron chi connectivity index (χ0n) is 9.78. The monoisotopic (exact) mass is 248 g/mol. The first-order valence-corrected chi connectivity index (χ1v) is 5.42. The Morgan fingerprint density at radius 2 is 2.17 bits per heavy atom. The van der Waals surface area contributed by atoms with Crippen molar-refractivity contribution in [1.29, 1.82) is 0 Å². The normalized spacial score (nSPS) is 10.5. The molecule has 0 spiro atoms. The van der Waals surface area contributed by atoms with Gasteiger partial charge in [0.2, 0.25) is 5.91 Å². The Morgan fingerprint density at radius 1 is 1.39 bits per heavy atom. The Kier molecular flexibility index (Phi) is 3.27. The number of carbonyl (C=O) groups is 2. The van der Waals surface area contributed by atoms with Crippen molar-refractivity contribution in [3.63, 3.8) is 0 Å². The Labute approximate surface area is 102 Å². The lowest BCUT2D eigenvalue weighted by molar-refractivity contribution is -0.127. The molecule has 0 fully saturated rings. The molecule has 18 heavy (non-hydrogen) atoms. The van der Waals surface area contributed by atoms with Crippen LogP contribution in [0.2, 0.25) is 0 Å². The Hall–Kier alpha value is -2.37. The predicted octanol–water partition coefficient (Wildman–Crippen LogP) is 0.716. The fourth-order valence-corrected chi connectivity index (χ4v) is 1.59. The van der Waals surface area contributed by atoms with Gasteiger partial charge in [0.25, 0.3) is 0 Å². The van der Waals surface area contributed by atoms with Crippen molar-refractivity contribution in [1.82, 2.24) is 10.3 Å². The average molecular weight is 248 g/mol. The van der Waals surface area contributed by atoms with Crippen molar-refractivity contribution < 1.29 is 14.0 Å². The fourth-order valence-electron chi connectivity index (χ4n) is 1.59. The summed E-state index contributed by atoms with van der Waals surface area (Å²) in [5.41, 5.74) is 1.85. The van der Waals surface area contributed by atoms with Crippen LogP contribution in [0, 0.1) is 0 Å². The SMILES string of the molecule is CC(=O)CC(=O)NCc1ccc2[nH]c(=O)oc2c1. The Morgan fingerprint density at radius 3 is 2.89 bits per heavy atom. The highest BCUT2D eigenvalue weighted by Gasteiger charge is 2.06. The maximum absolute atomic E-state index is 11.3. The van der Waals surface area contributed by atoms with Gasteiger partial charge in [0, 0.05) is 6.54 Å². The van der Waals surface area contributed by atoms with Crippen molar-refractivity contribution in [2.24, 2.45) is 0 Å². The van der Waals surface area contributed by atoms with Crippen LogP contribution in [0.4, 0.5) is 0 Å². The highest BCUT2D eigenvalue weighted by Crippen LogP contribution is 2.12. The lowest BCUT2D eigenvalue weighted by Gasteiger charge is -2.03. The fraction of sp³-hybridized carbons (Fsp3) is 0.250. The van der Waals surface area contributed by atoms with E-state index in [1.54, 1.807) is 18.2 Å². The number of aromatic nitrogens is 1. The number of hydrogen-bond acceptors (Lipinski definition) is 4. The van der Waals surface area contributed by atoms with Gasteiger partial charge in [0.05, 0.1) is 11.9 Å². The summed E-state index contributed by atoms with van der Waals surface area (Å²) in [6.45, 7) is 1.65. The molecule has 1 amide bonds. The van der Waals surface area contributed by atoms with E-state index in [2.05, 4.69) is 10.3 Å². The molecule has 0 radical (unpaired) electrons. The molecule has 1 heterocycles. The van der Waals surface area contributed by atoms with E-state index < -0.39 is 5.76 Å². The number of benzene rings is 1. The number of carbonyl (C=O) groups excluding carboxylic acids is 2. The zero-order chi connectivity index (χ0) is 13.1. The van der Waals surface area contributed by atoms with Crippen LogP contribution in [0.5, 0.6) is 0 Å². The van der Waals surface area contributed by atoms with Crippen LogP contribution in [0.1, 0.15) is 18.9 Å². The van der Waals surface area contributed by atoms with E-state index in [0.29, 0.717) is 11.1 Å². The maximum Gasteiger partial charge on any atom is 0.417 e. The molecule has 0 aliphatic carbocycles. The molecule has 0 atom stereocenters. The Balaban J connectivity index is 2.05. The number of hydrogen-bond donors (Lipinski definition) is 2. The van der Waals surface area contributed by atoms with Crippen LogP contribution < -0.4 is 11.1 Å². The standard InChI is InChI=1S/C12H12N2O4/c1-7(15)4-11(16)13-6-8-2-3-9-10(5-8)18-12(17)14-9/h2-3,5H,4,6H2,1H3,(H,13,16)(H,14,17). The molecule has 0 saturated heterocycles. The number of oxazole rings is 1. The number of aromatic amines is 1. The summed E-state index contributed by atoms with van der Waals surface area (Å²) in [4.78, 5) is 35.5. The Bertz CT molecular complexity index is 653. The number of ketones is 1. The second kappa shape index (κ2) is 4.87. The topological polar surface area (TPSA) is 92.2 Å². The predicted molar refractivity (Wildman–Crippen MR) is 64.0 cm³/mol. The number of rotatable bonds is 4. The smallest absolute Gasteiger partial charge is 0.408 e. The number of H-pyrrole nitrogens is 1.